The van der Waals surface area contributed by atoms with Crippen LogP contribution in [-0.4, -0.2) is 32.7 Å². The lowest BCUT2D eigenvalue weighted by molar-refractivity contribution is -0.119. The molecule has 0 aliphatic rings. The smallest absolute Gasteiger partial charge is 0.281 e. The Bertz CT molecular complexity index is 939. The van der Waals surface area contributed by atoms with E-state index in [-0.39, 0.29) is 17.6 Å². The van der Waals surface area contributed by atoms with Crippen LogP contribution in [0.15, 0.2) is 34.9 Å². The summed E-state index contributed by atoms with van der Waals surface area (Å²) in [4.78, 5) is 33.1. The molecule has 0 fully saturated rings. The van der Waals surface area contributed by atoms with Gasteiger partial charge in [0, 0.05) is 12.5 Å². The molecule has 8 nitrogen and oxygen atoms in total. The van der Waals surface area contributed by atoms with Gasteiger partial charge >= 0.3 is 0 Å². The summed E-state index contributed by atoms with van der Waals surface area (Å²) in [5.41, 5.74) is 6.39. The Kier molecular flexibility index (Phi) is 6.20. The van der Waals surface area contributed by atoms with E-state index in [9.17, 15) is 9.59 Å². The molecular weight excluding hydrogens is 386 g/mol. The lowest BCUT2D eigenvalue weighted by atomic mass is 10.2. The standard InChI is InChI=1S/C17H17N5O3S2/c1-10-15(27-17(18-10)12-6-4-3-5-7-12)16(24)21-20-14(23)9-26-8-13-19-11(2)25-22-13/h3-7H,8-9H2,1-2H3,(H,20,23)(H,21,24). The fourth-order valence-corrected chi connectivity index (χ4v) is 3.79. The molecule has 0 unspecified atom stereocenters. The molecule has 10 heteroatoms. The van der Waals surface area contributed by atoms with E-state index < -0.39 is 0 Å². The number of nitrogens with zero attached hydrogens (tertiary/aromatic N) is 3. The summed E-state index contributed by atoms with van der Waals surface area (Å²) < 4.78 is 4.86. The maximum atomic E-state index is 12.3. The van der Waals surface area contributed by atoms with E-state index >= 15 is 0 Å². The summed E-state index contributed by atoms with van der Waals surface area (Å²) >= 11 is 2.60. The maximum absolute atomic E-state index is 12.3. The van der Waals surface area contributed by atoms with Gasteiger partial charge in [-0.3, -0.25) is 20.4 Å². The second-order valence-electron chi connectivity index (χ2n) is 5.52. The van der Waals surface area contributed by atoms with Crippen molar-refractivity contribution in [2.45, 2.75) is 19.6 Å². The van der Waals surface area contributed by atoms with Crippen molar-refractivity contribution >= 4 is 34.9 Å². The highest BCUT2D eigenvalue weighted by Gasteiger charge is 2.16. The molecule has 0 spiro atoms. The predicted molar refractivity (Wildman–Crippen MR) is 103 cm³/mol. The number of benzene rings is 1. The fraction of sp³-hybridized carbons (Fsp3) is 0.235. The Balaban J connectivity index is 1.49. The second-order valence-corrected chi connectivity index (χ2v) is 7.51. The molecule has 2 aromatic heterocycles. The molecule has 0 atom stereocenters. The van der Waals surface area contributed by atoms with E-state index in [0.717, 1.165) is 10.6 Å². The Morgan fingerprint density at radius 3 is 2.63 bits per heavy atom. The normalized spacial score (nSPS) is 10.6. The molecule has 1 aromatic carbocycles. The summed E-state index contributed by atoms with van der Waals surface area (Å²) in [6.45, 7) is 3.47. The minimum Gasteiger partial charge on any atom is -0.340 e. The van der Waals surface area contributed by atoms with Crippen LogP contribution in [0.25, 0.3) is 10.6 Å². The van der Waals surface area contributed by atoms with Gasteiger partial charge in [-0.1, -0.05) is 35.5 Å². The minimum atomic E-state index is -0.390. The molecule has 0 aliphatic heterocycles. The number of aromatic nitrogens is 3. The Labute approximate surface area is 163 Å². The van der Waals surface area contributed by atoms with Crippen LogP contribution in [-0.2, 0) is 10.5 Å². The highest BCUT2D eigenvalue weighted by atomic mass is 32.2. The summed E-state index contributed by atoms with van der Waals surface area (Å²) in [5.74, 6) is 0.913. The van der Waals surface area contributed by atoms with E-state index in [2.05, 4.69) is 26.0 Å². The van der Waals surface area contributed by atoms with Crippen LogP contribution in [0.2, 0.25) is 0 Å². The summed E-state index contributed by atoms with van der Waals surface area (Å²) in [6.07, 6.45) is 0. The lowest BCUT2D eigenvalue weighted by Crippen LogP contribution is -2.42. The summed E-state index contributed by atoms with van der Waals surface area (Å²) in [7, 11) is 0. The van der Waals surface area contributed by atoms with Crippen LogP contribution < -0.4 is 10.9 Å². The number of rotatable bonds is 6. The van der Waals surface area contributed by atoms with Crippen LogP contribution in [0.5, 0.6) is 0 Å². The largest absolute Gasteiger partial charge is 0.340 e. The molecule has 2 amide bonds. The van der Waals surface area contributed by atoms with Gasteiger partial charge in [-0.25, -0.2) is 4.98 Å². The minimum absolute atomic E-state index is 0.158. The number of nitrogens with one attached hydrogen (secondary N) is 2. The van der Waals surface area contributed by atoms with Crippen molar-refractivity contribution in [2.24, 2.45) is 0 Å². The number of aryl methyl sites for hydroxylation is 2. The number of thioether (sulfide) groups is 1. The zero-order valence-corrected chi connectivity index (χ0v) is 16.3. The Morgan fingerprint density at radius 1 is 1.15 bits per heavy atom. The van der Waals surface area contributed by atoms with Gasteiger partial charge < -0.3 is 4.52 Å². The molecular formula is C17H17N5O3S2. The molecule has 0 aliphatic carbocycles. The van der Waals surface area contributed by atoms with E-state index in [1.54, 1.807) is 13.8 Å². The number of hydrogen-bond donors (Lipinski definition) is 2. The first-order valence-electron chi connectivity index (χ1n) is 8.02. The second kappa shape index (κ2) is 8.78. The van der Waals surface area contributed by atoms with Gasteiger partial charge in [0.25, 0.3) is 5.91 Å². The van der Waals surface area contributed by atoms with Crippen molar-refractivity contribution in [3.63, 3.8) is 0 Å². The summed E-state index contributed by atoms with van der Waals surface area (Å²) in [6, 6.07) is 9.62. The summed E-state index contributed by atoms with van der Waals surface area (Å²) in [5, 5.41) is 4.51. The van der Waals surface area contributed by atoms with Crippen molar-refractivity contribution in [1.29, 1.82) is 0 Å². The van der Waals surface area contributed by atoms with Crippen LogP contribution in [0.3, 0.4) is 0 Å². The lowest BCUT2D eigenvalue weighted by Gasteiger charge is -2.05. The number of carbonyl (C=O) groups is 2. The molecule has 3 aromatic rings. The van der Waals surface area contributed by atoms with Gasteiger partial charge in [0.2, 0.25) is 11.8 Å². The Hall–Kier alpha value is -2.72. The number of carbonyl (C=O) groups excluding carboxylic acids is 2. The highest BCUT2D eigenvalue weighted by molar-refractivity contribution is 7.99. The number of thiazole rings is 1. The molecule has 0 bridgehead atoms. The fourth-order valence-electron chi connectivity index (χ4n) is 2.17. The quantitative estimate of drug-likeness (QED) is 0.609. The van der Waals surface area contributed by atoms with E-state index in [4.69, 9.17) is 4.52 Å². The molecule has 2 N–H and O–H groups in total. The van der Waals surface area contributed by atoms with Crippen molar-refractivity contribution < 1.29 is 14.1 Å². The first kappa shape index (κ1) is 19.1. The Morgan fingerprint density at radius 2 is 1.93 bits per heavy atom. The van der Waals surface area contributed by atoms with Gasteiger partial charge in [-0.2, -0.15) is 4.98 Å². The maximum Gasteiger partial charge on any atom is 0.281 e. The van der Waals surface area contributed by atoms with Gasteiger partial charge in [0.1, 0.15) is 9.88 Å². The van der Waals surface area contributed by atoms with Gasteiger partial charge in [-0.05, 0) is 6.92 Å². The van der Waals surface area contributed by atoms with E-state index in [1.807, 2.05) is 30.3 Å². The van der Waals surface area contributed by atoms with Gasteiger partial charge in [0.05, 0.1) is 17.2 Å². The van der Waals surface area contributed by atoms with Crippen molar-refractivity contribution in [2.75, 3.05) is 5.75 Å². The van der Waals surface area contributed by atoms with Crippen LogP contribution in [0.1, 0.15) is 27.1 Å². The molecule has 27 heavy (non-hydrogen) atoms. The average Bonchev–Trinajstić information content (AvgIpc) is 3.26. The van der Waals surface area contributed by atoms with Crippen LogP contribution in [0.4, 0.5) is 0 Å². The van der Waals surface area contributed by atoms with Crippen LogP contribution >= 0.6 is 23.1 Å². The third-order valence-electron chi connectivity index (χ3n) is 3.37. The topological polar surface area (TPSA) is 110 Å². The molecule has 3 rings (SSSR count). The molecule has 0 radical (unpaired) electrons. The molecule has 0 saturated carbocycles. The van der Waals surface area contributed by atoms with Crippen molar-refractivity contribution in [3.05, 3.63) is 52.6 Å². The molecule has 0 saturated heterocycles. The predicted octanol–water partition coefficient (Wildman–Crippen LogP) is 2.50. The van der Waals surface area contributed by atoms with Crippen LogP contribution in [0, 0.1) is 13.8 Å². The van der Waals surface area contributed by atoms with E-state index in [0.29, 0.717) is 28.0 Å². The zero-order valence-electron chi connectivity index (χ0n) is 14.7. The average molecular weight is 403 g/mol. The van der Waals surface area contributed by atoms with Gasteiger partial charge in [0.15, 0.2) is 5.82 Å². The van der Waals surface area contributed by atoms with E-state index in [1.165, 1.54) is 23.1 Å². The first-order chi connectivity index (χ1) is 13.0. The first-order valence-corrected chi connectivity index (χ1v) is 9.99. The van der Waals surface area contributed by atoms with Gasteiger partial charge in [-0.15, -0.1) is 23.1 Å². The zero-order chi connectivity index (χ0) is 19.2. The number of hydrazine groups is 1. The molecule has 140 valence electrons. The third-order valence-corrected chi connectivity index (χ3v) is 5.51. The molecule has 2 heterocycles. The monoisotopic (exact) mass is 403 g/mol. The van der Waals surface area contributed by atoms with Crippen molar-refractivity contribution in [1.82, 2.24) is 26.0 Å². The van der Waals surface area contributed by atoms with Crippen molar-refractivity contribution in [3.8, 4) is 10.6 Å². The number of amides is 2. The highest BCUT2D eigenvalue weighted by Crippen LogP contribution is 2.27. The number of hydrogen-bond acceptors (Lipinski definition) is 8. The SMILES string of the molecule is Cc1nc(CSCC(=O)NNC(=O)c2sc(-c3ccccc3)nc2C)no1. The third kappa shape index (κ3) is 5.14.